The van der Waals surface area contributed by atoms with Gasteiger partial charge in [-0.3, -0.25) is 4.79 Å². The number of carbonyl (C=O) groups excluding carboxylic acids is 1. The van der Waals surface area contributed by atoms with Crippen molar-refractivity contribution < 1.29 is 44.3 Å². The quantitative estimate of drug-likeness (QED) is 0.266. The number of fused-ring (bicyclic) bond motifs is 6. The van der Waals surface area contributed by atoms with E-state index < -0.39 is 23.5 Å². The number of ether oxygens (including phenoxy) is 2. The number of esters is 1. The van der Waals surface area contributed by atoms with E-state index in [2.05, 4.69) is 0 Å². The Balaban J connectivity index is 0.000000311. The molecule has 0 fully saturated rings. The van der Waals surface area contributed by atoms with Crippen LogP contribution in [0.1, 0.15) is 34.0 Å². The van der Waals surface area contributed by atoms with Gasteiger partial charge in [-0.15, -0.1) is 0 Å². The normalized spacial score (nSPS) is 13.3. The number of benzene rings is 3. The molecule has 10 nitrogen and oxygen atoms in total. The van der Waals surface area contributed by atoms with Gasteiger partial charge in [0, 0.05) is 35.7 Å². The Morgan fingerprint density at radius 2 is 1.35 bits per heavy atom. The average molecular weight is 465 g/mol. The molecule has 0 aromatic heterocycles. The summed E-state index contributed by atoms with van der Waals surface area (Å²) < 4.78 is 11.8. The summed E-state index contributed by atoms with van der Waals surface area (Å²) in [6.45, 7) is 1.08. The molecular weight excluding hydrogens is 446 g/mol. The fourth-order valence-corrected chi connectivity index (χ4v) is 3.65. The van der Waals surface area contributed by atoms with Crippen molar-refractivity contribution in [2.75, 3.05) is 0 Å². The second-order valence-corrected chi connectivity index (χ2v) is 7.08. The third-order valence-electron chi connectivity index (χ3n) is 4.80. The molecule has 0 saturated heterocycles. The first-order valence-electron chi connectivity index (χ1n) is 9.70. The highest BCUT2D eigenvalue weighted by atomic mass is 16.6. The molecule has 2 aliphatic rings. The highest BCUT2D eigenvalue weighted by Gasteiger charge is 2.53. The average Bonchev–Trinajstić information content (AvgIpc) is 3.06. The van der Waals surface area contributed by atoms with Crippen LogP contribution in [-0.2, 0) is 19.9 Å². The molecule has 0 saturated carbocycles. The van der Waals surface area contributed by atoms with Gasteiger partial charge in [0.2, 0.25) is 0 Å². The highest BCUT2D eigenvalue weighted by Crippen LogP contribution is 2.56. The van der Waals surface area contributed by atoms with Crippen LogP contribution in [0.15, 0.2) is 60.7 Å². The number of hydrogen-bond acceptors (Lipinski definition) is 8. The van der Waals surface area contributed by atoms with Gasteiger partial charge in [0.05, 0.1) is 5.56 Å². The molecular formula is C24H19NO9. The van der Waals surface area contributed by atoms with E-state index >= 15 is 0 Å². The van der Waals surface area contributed by atoms with Crippen molar-refractivity contribution >= 4 is 24.1 Å². The summed E-state index contributed by atoms with van der Waals surface area (Å²) in [6, 6.07) is 16.6. The van der Waals surface area contributed by atoms with Crippen LogP contribution in [0.5, 0.6) is 23.0 Å². The minimum atomic E-state index is -1.20. The van der Waals surface area contributed by atoms with Crippen LogP contribution in [0.2, 0.25) is 0 Å². The third kappa shape index (κ3) is 4.37. The number of carbonyl (C=O) groups is 3. The van der Waals surface area contributed by atoms with Gasteiger partial charge >= 0.3 is 11.9 Å². The van der Waals surface area contributed by atoms with E-state index in [0.717, 1.165) is 6.92 Å². The Kier molecular flexibility index (Phi) is 6.53. The number of carboxylic acid groups (broad SMARTS) is 2. The molecule has 0 amide bonds. The van der Waals surface area contributed by atoms with Crippen LogP contribution in [0.3, 0.4) is 0 Å². The van der Waals surface area contributed by atoms with Gasteiger partial charge in [-0.25, -0.2) is 9.59 Å². The summed E-state index contributed by atoms with van der Waals surface area (Å²) in [5.74, 6) is -1.63. The number of rotatable bonds is 1. The molecule has 0 unspecified atom stereocenters. The Hall–Kier alpha value is -4.86. The van der Waals surface area contributed by atoms with E-state index in [-0.39, 0.29) is 11.5 Å². The van der Waals surface area contributed by atoms with Crippen molar-refractivity contribution in [3.8, 4) is 23.0 Å². The van der Waals surface area contributed by atoms with E-state index in [4.69, 9.17) is 34.7 Å². The summed E-state index contributed by atoms with van der Waals surface area (Å²) in [7, 11) is 0. The van der Waals surface area contributed by atoms with E-state index in [1.165, 1.54) is 24.3 Å². The highest BCUT2D eigenvalue weighted by molar-refractivity contribution is 6.20. The second-order valence-electron chi connectivity index (χ2n) is 7.08. The summed E-state index contributed by atoms with van der Waals surface area (Å²) in [5, 5.41) is 40.5. The Labute approximate surface area is 192 Å². The molecule has 2 aliphatic heterocycles. The number of nitrogens with one attached hydrogen (secondary N) is 1. The molecule has 3 aromatic carbocycles. The molecule has 1 spiro atoms. The Bertz CT molecular complexity index is 1240. The van der Waals surface area contributed by atoms with Gasteiger partial charge in [0.1, 0.15) is 29.2 Å². The molecule has 34 heavy (non-hydrogen) atoms. The zero-order valence-electron chi connectivity index (χ0n) is 17.7. The van der Waals surface area contributed by atoms with Crippen LogP contribution >= 0.6 is 0 Å². The fraction of sp³-hybridized carbons (Fsp3) is 0.0833. The lowest BCUT2D eigenvalue weighted by Gasteiger charge is -2.36. The maximum absolute atomic E-state index is 12.5. The van der Waals surface area contributed by atoms with Gasteiger partial charge in [-0.05, 0) is 30.3 Å². The van der Waals surface area contributed by atoms with Gasteiger partial charge in [0.25, 0.3) is 5.97 Å². The van der Waals surface area contributed by atoms with Crippen molar-refractivity contribution in [2.45, 2.75) is 12.5 Å². The van der Waals surface area contributed by atoms with Gasteiger partial charge in [-0.1, -0.05) is 18.2 Å². The molecule has 5 N–H and O–H groups in total. The number of aromatic hydroxyl groups is 2. The predicted molar refractivity (Wildman–Crippen MR) is 118 cm³/mol. The first-order valence-corrected chi connectivity index (χ1v) is 9.70. The monoisotopic (exact) mass is 465 g/mol. The molecule has 0 atom stereocenters. The van der Waals surface area contributed by atoms with E-state index in [9.17, 15) is 15.0 Å². The predicted octanol–water partition coefficient (Wildman–Crippen LogP) is 3.48. The Morgan fingerprint density at radius 1 is 0.882 bits per heavy atom. The van der Waals surface area contributed by atoms with Crippen LogP contribution in [0.25, 0.3) is 0 Å². The zero-order valence-corrected chi connectivity index (χ0v) is 17.7. The zero-order chi connectivity index (χ0) is 25.0. The first-order chi connectivity index (χ1) is 16.1. The lowest BCUT2D eigenvalue weighted by Crippen LogP contribution is -2.32. The van der Waals surface area contributed by atoms with Crippen molar-refractivity contribution in [1.82, 2.24) is 0 Å². The summed E-state index contributed by atoms with van der Waals surface area (Å²) in [5.41, 5.74) is 1.28. The van der Waals surface area contributed by atoms with Crippen molar-refractivity contribution in [3.63, 3.8) is 0 Å². The van der Waals surface area contributed by atoms with Gasteiger partial charge in [-0.2, -0.15) is 0 Å². The van der Waals surface area contributed by atoms with Crippen LogP contribution in [0.4, 0.5) is 0 Å². The summed E-state index contributed by atoms with van der Waals surface area (Å²) >= 11 is 0. The van der Waals surface area contributed by atoms with Crippen LogP contribution in [0, 0.1) is 5.41 Å². The molecule has 0 aliphatic carbocycles. The number of hydrogen-bond donors (Lipinski definition) is 5. The third-order valence-corrected chi connectivity index (χ3v) is 4.80. The lowest BCUT2D eigenvalue weighted by atomic mass is 9.77. The number of carboxylic acids is 2. The van der Waals surface area contributed by atoms with Crippen molar-refractivity contribution in [1.29, 1.82) is 5.41 Å². The van der Waals surface area contributed by atoms with Gasteiger partial charge in [0.15, 0.2) is 5.60 Å². The molecule has 3 aromatic rings. The molecule has 5 rings (SSSR count). The number of aliphatic carboxylic acids is 2. The molecule has 2 heterocycles. The largest absolute Gasteiger partial charge is 0.508 e. The molecule has 0 radical (unpaired) electrons. The molecule has 0 bridgehead atoms. The van der Waals surface area contributed by atoms with E-state index in [1.54, 1.807) is 24.3 Å². The summed E-state index contributed by atoms with van der Waals surface area (Å²) in [4.78, 5) is 30.7. The number of phenols is 2. The fourth-order valence-electron chi connectivity index (χ4n) is 3.65. The topological polar surface area (TPSA) is 174 Å². The van der Waals surface area contributed by atoms with Crippen molar-refractivity contribution in [3.05, 3.63) is 82.9 Å². The van der Waals surface area contributed by atoms with E-state index in [1.807, 2.05) is 12.1 Å². The molecule has 10 heteroatoms. The van der Waals surface area contributed by atoms with Crippen LogP contribution in [-0.4, -0.2) is 44.5 Å². The smallest absolute Gasteiger partial charge is 0.346 e. The second kappa shape index (κ2) is 9.33. The Morgan fingerprint density at radius 3 is 1.82 bits per heavy atom. The SMILES string of the molecule is CC(=O)O.N=CC(=O)O.O=C1OC2(c3ccc(O)cc3Oc3cc(O)ccc32)c2ccccc21. The maximum Gasteiger partial charge on any atom is 0.346 e. The minimum absolute atomic E-state index is 0.0371. The standard InChI is InChI=1S/C20H12O5.C2H3NO2.C2H4O2/c21-11-5-7-15-17(9-11)24-18-10-12(22)6-8-16(18)20(15)14-4-2-1-3-13(14)19(23)25-20;3-1-2(4)5;1-2(3)4/h1-10,21-22H;1,3H,(H,4,5);1H3,(H,3,4). The first kappa shape index (κ1) is 23.8. The van der Waals surface area contributed by atoms with Crippen molar-refractivity contribution in [2.24, 2.45) is 0 Å². The maximum atomic E-state index is 12.5. The van der Waals surface area contributed by atoms with Gasteiger partial charge < -0.3 is 35.3 Å². The molecule has 174 valence electrons. The number of phenolic OH excluding ortho intramolecular Hbond substituents is 2. The lowest BCUT2D eigenvalue weighted by molar-refractivity contribution is -0.134. The summed E-state index contributed by atoms with van der Waals surface area (Å²) in [6.07, 6.45) is 0.333. The van der Waals surface area contributed by atoms with Crippen LogP contribution < -0.4 is 4.74 Å². The van der Waals surface area contributed by atoms with E-state index in [0.29, 0.717) is 40.0 Å². The minimum Gasteiger partial charge on any atom is -0.508 e.